The Morgan fingerprint density at radius 3 is 2.63 bits per heavy atom. The van der Waals surface area contributed by atoms with Crippen LogP contribution in [0.3, 0.4) is 0 Å². The maximum absolute atomic E-state index is 12.6. The zero-order chi connectivity index (χ0) is 30.4. The minimum absolute atomic E-state index is 0.240. The zero-order valence-electron chi connectivity index (χ0n) is 25.3. The number of aryl methyl sites for hydroxylation is 1. The van der Waals surface area contributed by atoms with Crippen LogP contribution in [0.25, 0.3) is 10.9 Å². The summed E-state index contributed by atoms with van der Waals surface area (Å²) in [5.74, 6) is 1.82. The summed E-state index contributed by atoms with van der Waals surface area (Å²) in [6.07, 6.45) is 6.36. The van der Waals surface area contributed by atoms with E-state index < -0.39 is 0 Å². The second-order valence-corrected chi connectivity index (χ2v) is 11.3. The molecule has 0 bridgehead atoms. The van der Waals surface area contributed by atoms with E-state index >= 15 is 0 Å². The number of aromatic nitrogens is 2. The van der Waals surface area contributed by atoms with Crippen molar-refractivity contribution in [3.63, 3.8) is 0 Å². The molecule has 2 aliphatic heterocycles. The normalized spacial score (nSPS) is 17.0. The highest BCUT2D eigenvalue weighted by atomic mass is 16.5. The van der Waals surface area contributed by atoms with E-state index in [0.717, 1.165) is 44.8 Å². The van der Waals surface area contributed by atoms with E-state index in [4.69, 9.17) is 24.7 Å². The third-order valence-corrected chi connectivity index (χ3v) is 7.99. The van der Waals surface area contributed by atoms with Crippen LogP contribution in [0.1, 0.15) is 31.7 Å². The molecule has 2 fully saturated rings. The van der Waals surface area contributed by atoms with Gasteiger partial charge in [-0.2, -0.15) is 0 Å². The predicted molar refractivity (Wildman–Crippen MR) is 166 cm³/mol. The smallest absolute Gasteiger partial charge is 0.273 e. The molecule has 1 spiro atoms. The standard InChI is InChI=1S/C32H40N6O5/c1-21-14-23(6-7-25(21)37-30(39)27(34-3)15-22(2)33)43-31-24-16-28(40-4)29(17-26(24)35-20-36-31)42-13-5-10-38-11-8-32(9-12-38)18-41-19-32/h6-7,14-17,20H,5,8-13,18-19,33H2,1-4H3,(H,37,39). The van der Waals surface area contributed by atoms with Crippen LogP contribution in [-0.4, -0.2) is 80.1 Å². The minimum atomic E-state index is -0.347. The molecule has 2 aromatic carbocycles. The molecular weight excluding hydrogens is 548 g/mol. The number of nitrogens with two attached hydrogens (primary N) is 1. The Hall–Kier alpha value is -4.22. The lowest BCUT2D eigenvalue weighted by Gasteiger charge is -2.47. The van der Waals surface area contributed by atoms with Crippen LogP contribution < -0.4 is 25.3 Å². The molecule has 3 heterocycles. The molecule has 5 rings (SSSR count). The number of methoxy groups -OCH3 is 1. The number of amides is 1. The number of nitrogens with one attached hydrogen (secondary N) is 1. The fourth-order valence-corrected chi connectivity index (χ4v) is 5.38. The number of hydrogen-bond acceptors (Lipinski definition) is 10. The molecule has 11 nitrogen and oxygen atoms in total. The summed E-state index contributed by atoms with van der Waals surface area (Å²) in [6.45, 7) is 9.27. The van der Waals surface area contributed by atoms with E-state index in [0.29, 0.717) is 57.4 Å². The van der Waals surface area contributed by atoms with Gasteiger partial charge in [0.05, 0.1) is 37.8 Å². The van der Waals surface area contributed by atoms with Crippen LogP contribution in [0.15, 0.2) is 53.4 Å². The Morgan fingerprint density at radius 1 is 1.19 bits per heavy atom. The first-order chi connectivity index (χ1) is 20.8. The molecule has 0 unspecified atom stereocenters. The summed E-state index contributed by atoms with van der Waals surface area (Å²) in [4.78, 5) is 27.9. The average Bonchev–Trinajstić information content (AvgIpc) is 2.98. The van der Waals surface area contributed by atoms with Gasteiger partial charge in [-0.05, 0) is 82.1 Å². The van der Waals surface area contributed by atoms with Crippen molar-refractivity contribution in [2.75, 3.05) is 58.9 Å². The monoisotopic (exact) mass is 588 g/mol. The third kappa shape index (κ3) is 7.23. The summed E-state index contributed by atoms with van der Waals surface area (Å²) in [6, 6.07) is 9.06. The fraction of sp³-hybridized carbons (Fsp3) is 0.438. The van der Waals surface area contributed by atoms with Gasteiger partial charge >= 0.3 is 0 Å². The largest absolute Gasteiger partial charge is 0.493 e. The van der Waals surface area contributed by atoms with Gasteiger partial charge in [0.25, 0.3) is 5.91 Å². The number of carbonyl (C=O) groups excluding carboxylic acids is 1. The highest BCUT2D eigenvalue weighted by molar-refractivity contribution is 6.47. The van der Waals surface area contributed by atoms with E-state index in [1.54, 1.807) is 33.2 Å². The zero-order valence-corrected chi connectivity index (χ0v) is 25.3. The summed E-state index contributed by atoms with van der Waals surface area (Å²) in [7, 11) is 3.16. The SMILES string of the molecule is CN=C(C=C(C)N)C(=O)Nc1ccc(Oc2ncnc3cc(OCCCN4CCC5(CC4)COC5)c(OC)cc23)cc1C. The Morgan fingerprint density at radius 2 is 1.98 bits per heavy atom. The predicted octanol–water partition coefficient (Wildman–Crippen LogP) is 4.49. The van der Waals surface area contributed by atoms with E-state index in [9.17, 15) is 4.79 Å². The molecule has 43 heavy (non-hydrogen) atoms. The van der Waals surface area contributed by atoms with Crippen molar-refractivity contribution in [2.45, 2.75) is 33.1 Å². The Kier molecular flexibility index (Phi) is 9.42. The summed E-state index contributed by atoms with van der Waals surface area (Å²) in [5.41, 5.74) is 9.02. The fourth-order valence-electron chi connectivity index (χ4n) is 5.38. The second-order valence-electron chi connectivity index (χ2n) is 11.3. The lowest BCUT2D eigenvalue weighted by atomic mass is 9.77. The maximum Gasteiger partial charge on any atom is 0.273 e. The Labute approximate surface area is 252 Å². The van der Waals surface area contributed by atoms with Gasteiger partial charge in [-0.1, -0.05) is 0 Å². The van der Waals surface area contributed by atoms with Crippen molar-refractivity contribution in [2.24, 2.45) is 16.1 Å². The van der Waals surface area contributed by atoms with E-state index in [1.165, 1.54) is 25.2 Å². The maximum atomic E-state index is 12.6. The number of nitrogens with zero attached hydrogens (tertiary/aromatic N) is 4. The van der Waals surface area contributed by atoms with Gasteiger partial charge in [-0.25, -0.2) is 9.97 Å². The van der Waals surface area contributed by atoms with Gasteiger partial charge in [0.1, 0.15) is 17.8 Å². The van der Waals surface area contributed by atoms with Crippen LogP contribution in [-0.2, 0) is 9.53 Å². The number of carbonyl (C=O) groups is 1. The number of allylic oxidation sites excluding steroid dienone is 1. The molecule has 2 saturated heterocycles. The highest BCUT2D eigenvalue weighted by Crippen LogP contribution is 2.39. The second kappa shape index (κ2) is 13.4. The number of hydrogen-bond donors (Lipinski definition) is 2. The lowest BCUT2D eigenvalue weighted by molar-refractivity contribution is -0.139. The topological polar surface area (TPSA) is 133 Å². The van der Waals surface area contributed by atoms with Crippen LogP contribution in [0.4, 0.5) is 5.69 Å². The van der Waals surface area contributed by atoms with Crippen LogP contribution >= 0.6 is 0 Å². The lowest BCUT2D eigenvalue weighted by Crippen LogP contribution is -2.51. The Bertz CT molecular complexity index is 1520. The Balaban J connectivity index is 1.22. The van der Waals surface area contributed by atoms with Crippen LogP contribution in [0.2, 0.25) is 0 Å². The molecule has 1 aromatic heterocycles. The van der Waals surface area contributed by atoms with Gasteiger partial charge in [0.15, 0.2) is 11.5 Å². The van der Waals surface area contributed by atoms with Gasteiger partial charge in [-0.3, -0.25) is 9.79 Å². The van der Waals surface area contributed by atoms with Crippen molar-refractivity contribution >= 4 is 28.2 Å². The van der Waals surface area contributed by atoms with Crippen molar-refractivity contribution in [1.29, 1.82) is 0 Å². The molecule has 3 N–H and O–H groups in total. The summed E-state index contributed by atoms with van der Waals surface area (Å²) in [5, 5.41) is 3.56. The van der Waals surface area contributed by atoms with Gasteiger partial charge < -0.3 is 34.9 Å². The van der Waals surface area contributed by atoms with Gasteiger partial charge in [-0.15, -0.1) is 0 Å². The van der Waals surface area contributed by atoms with E-state index in [-0.39, 0.29) is 11.6 Å². The molecule has 0 atom stereocenters. The number of rotatable bonds is 11. The van der Waals surface area contributed by atoms with E-state index in [1.807, 2.05) is 25.1 Å². The molecule has 228 valence electrons. The molecule has 0 saturated carbocycles. The first-order valence-electron chi connectivity index (χ1n) is 14.6. The number of likely N-dealkylation sites (tertiary alicyclic amines) is 1. The first-order valence-corrected chi connectivity index (χ1v) is 14.6. The number of fused-ring (bicyclic) bond motifs is 1. The van der Waals surface area contributed by atoms with Gasteiger partial charge in [0, 0.05) is 36.5 Å². The minimum Gasteiger partial charge on any atom is -0.493 e. The number of ether oxygens (including phenoxy) is 4. The molecule has 0 aliphatic carbocycles. The molecule has 0 radical (unpaired) electrons. The summed E-state index contributed by atoms with van der Waals surface area (Å²) >= 11 is 0. The quantitative estimate of drug-likeness (QED) is 0.245. The number of piperidine rings is 1. The number of aliphatic imine (C=N–C) groups is 1. The number of anilines is 1. The van der Waals surface area contributed by atoms with E-state index in [2.05, 4.69) is 25.2 Å². The molecular formula is C32H40N6O5. The van der Waals surface area contributed by atoms with Crippen molar-refractivity contribution in [1.82, 2.24) is 14.9 Å². The highest BCUT2D eigenvalue weighted by Gasteiger charge is 2.40. The van der Waals surface area contributed by atoms with Crippen molar-refractivity contribution < 1.29 is 23.7 Å². The molecule has 1 amide bonds. The third-order valence-electron chi connectivity index (χ3n) is 7.99. The molecule has 3 aromatic rings. The van der Waals surface area contributed by atoms with Gasteiger partial charge in [0.2, 0.25) is 5.88 Å². The molecule has 2 aliphatic rings. The van der Waals surface area contributed by atoms with Crippen molar-refractivity contribution in [3.05, 3.63) is 54.0 Å². The average molecular weight is 589 g/mol. The van der Waals surface area contributed by atoms with Crippen LogP contribution in [0.5, 0.6) is 23.1 Å². The van der Waals surface area contributed by atoms with Crippen LogP contribution in [0, 0.1) is 12.3 Å². The van der Waals surface area contributed by atoms with Crippen molar-refractivity contribution in [3.8, 4) is 23.1 Å². The first kappa shape index (κ1) is 30.2. The summed E-state index contributed by atoms with van der Waals surface area (Å²) < 4.78 is 23.4. The molecule has 11 heteroatoms. The number of benzene rings is 2.